The third-order valence-electron chi connectivity index (χ3n) is 6.95. The molecule has 1 aliphatic heterocycles. The molecule has 0 aliphatic carbocycles. The van der Waals surface area contributed by atoms with Gasteiger partial charge in [0.15, 0.2) is 0 Å². The summed E-state index contributed by atoms with van der Waals surface area (Å²) in [7, 11) is -2.35. The molecule has 7 heteroatoms. The van der Waals surface area contributed by atoms with Crippen LogP contribution in [0.5, 0.6) is 5.75 Å². The van der Waals surface area contributed by atoms with Crippen molar-refractivity contribution < 1.29 is 17.9 Å². The smallest absolute Gasteiger partial charge is 0.246 e. The first-order valence-electron chi connectivity index (χ1n) is 12.8. The van der Waals surface area contributed by atoms with Crippen LogP contribution in [0.4, 0.5) is 0 Å². The molecule has 0 bridgehead atoms. The van der Waals surface area contributed by atoms with Gasteiger partial charge >= 0.3 is 0 Å². The van der Waals surface area contributed by atoms with Gasteiger partial charge < -0.3 is 9.64 Å². The fourth-order valence-corrected chi connectivity index (χ4v) is 6.55. The monoisotopic (exact) mass is 520 g/mol. The number of nitrogens with zero attached hydrogens (tertiary/aromatic N) is 2. The maximum Gasteiger partial charge on any atom is 0.246 e. The summed E-state index contributed by atoms with van der Waals surface area (Å²) in [4.78, 5) is 15.9. The van der Waals surface area contributed by atoms with Crippen LogP contribution in [0.25, 0.3) is 0 Å². The highest BCUT2D eigenvalue weighted by Gasteiger charge is 2.36. The van der Waals surface area contributed by atoms with E-state index in [2.05, 4.69) is 0 Å². The van der Waals surface area contributed by atoms with Crippen molar-refractivity contribution in [3.8, 4) is 5.75 Å². The van der Waals surface area contributed by atoms with E-state index in [4.69, 9.17) is 4.74 Å². The first-order chi connectivity index (χ1) is 17.8. The molecule has 0 N–H and O–H groups in total. The number of sulfonamides is 1. The van der Waals surface area contributed by atoms with Crippen LogP contribution in [0.1, 0.15) is 49.3 Å². The van der Waals surface area contributed by atoms with Gasteiger partial charge in [0.25, 0.3) is 0 Å². The average Bonchev–Trinajstić information content (AvgIpc) is 2.93. The second kappa shape index (κ2) is 11.9. The van der Waals surface area contributed by atoms with Crippen molar-refractivity contribution in [3.05, 3.63) is 95.6 Å². The number of benzene rings is 3. The molecule has 1 atom stereocenters. The van der Waals surface area contributed by atoms with Crippen LogP contribution in [0, 0.1) is 5.92 Å². The van der Waals surface area contributed by atoms with Gasteiger partial charge in [-0.25, -0.2) is 8.42 Å². The maximum absolute atomic E-state index is 13.9. The van der Waals surface area contributed by atoms with Crippen LogP contribution in [-0.4, -0.2) is 43.7 Å². The van der Waals surface area contributed by atoms with E-state index in [0.717, 1.165) is 16.7 Å². The molecule has 37 heavy (non-hydrogen) atoms. The van der Waals surface area contributed by atoms with E-state index in [9.17, 15) is 13.2 Å². The number of carbonyl (C=O) groups is 1. The number of rotatable bonds is 9. The van der Waals surface area contributed by atoms with Gasteiger partial charge in [0.1, 0.15) is 10.6 Å². The lowest BCUT2D eigenvalue weighted by Gasteiger charge is -2.35. The van der Waals surface area contributed by atoms with E-state index in [0.29, 0.717) is 38.2 Å². The minimum Gasteiger partial charge on any atom is -0.495 e. The molecule has 0 aromatic heterocycles. The Morgan fingerprint density at radius 3 is 2.11 bits per heavy atom. The van der Waals surface area contributed by atoms with Gasteiger partial charge in [0.05, 0.1) is 13.0 Å². The number of hydrogen-bond donors (Lipinski definition) is 0. The van der Waals surface area contributed by atoms with E-state index >= 15 is 0 Å². The first kappa shape index (κ1) is 26.9. The zero-order valence-corrected chi connectivity index (χ0v) is 22.7. The molecule has 6 nitrogen and oxygen atoms in total. The molecule has 0 spiro atoms. The molecule has 1 amide bonds. The number of methoxy groups -OCH3 is 1. The summed E-state index contributed by atoms with van der Waals surface area (Å²) in [6, 6.07) is 25.2. The zero-order valence-electron chi connectivity index (χ0n) is 21.8. The van der Waals surface area contributed by atoms with Gasteiger partial charge in [0, 0.05) is 26.2 Å². The van der Waals surface area contributed by atoms with Gasteiger partial charge in [0.2, 0.25) is 15.9 Å². The van der Waals surface area contributed by atoms with Crippen LogP contribution in [0.2, 0.25) is 0 Å². The van der Waals surface area contributed by atoms with Crippen molar-refractivity contribution in [1.29, 1.82) is 0 Å². The zero-order chi connectivity index (χ0) is 26.4. The summed E-state index contributed by atoms with van der Waals surface area (Å²) >= 11 is 0. The van der Waals surface area contributed by atoms with Crippen LogP contribution < -0.4 is 4.74 Å². The summed E-state index contributed by atoms with van der Waals surface area (Å²) in [5.74, 6) is 0.0819. The quantitative estimate of drug-likeness (QED) is 0.376. The fraction of sp³-hybridized carbons (Fsp3) is 0.367. The lowest BCUT2D eigenvalue weighted by molar-refractivity contribution is -0.138. The van der Waals surface area contributed by atoms with Crippen LogP contribution in [0.15, 0.2) is 83.8 Å². The second-order valence-electron chi connectivity index (χ2n) is 9.93. The molecule has 3 aromatic rings. The molecule has 196 valence electrons. The van der Waals surface area contributed by atoms with E-state index in [1.807, 2.05) is 85.5 Å². The Morgan fingerprint density at radius 2 is 1.57 bits per heavy atom. The van der Waals surface area contributed by atoms with E-state index in [-0.39, 0.29) is 23.3 Å². The van der Waals surface area contributed by atoms with E-state index < -0.39 is 15.9 Å². The minimum atomic E-state index is -3.83. The minimum absolute atomic E-state index is 0.0181. The van der Waals surface area contributed by atoms with Crippen molar-refractivity contribution >= 4 is 15.9 Å². The third-order valence-corrected chi connectivity index (χ3v) is 8.84. The first-order valence-corrected chi connectivity index (χ1v) is 14.3. The summed E-state index contributed by atoms with van der Waals surface area (Å²) in [6.45, 7) is 5.56. The van der Waals surface area contributed by atoms with Gasteiger partial charge in [-0.1, -0.05) is 80.6 Å². The fourth-order valence-electron chi connectivity index (χ4n) is 4.83. The average molecular weight is 521 g/mol. The lowest BCUT2D eigenvalue weighted by Crippen LogP contribution is -2.46. The van der Waals surface area contributed by atoms with Crippen LogP contribution in [-0.2, 0) is 27.9 Å². The highest BCUT2D eigenvalue weighted by Crippen LogP contribution is 2.33. The highest BCUT2D eigenvalue weighted by molar-refractivity contribution is 7.89. The van der Waals surface area contributed by atoms with Gasteiger partial charge in [-0.15, -0.1) is 0 Å². The second-order valence-corrected chi connectivity index (χ2v) is 11.8. The summed E-state index contributed by atoms with van der Waals surface area (Å²) in [6.07, 6.45) is 1.29. The highest BCUT2D eigenvalue weighted by atomic mass is 32.2. The largest absolute Gasteiger partial charge is 0.495 e. The number of ether oxygens (including phenoxy) is 1. The standard InChI is InChI=1S/C30H36N2O4S/c1-23(2)26-16-17-28(36-3)29(19-26)37(34,35)32-18-10-15-27(22-32)30(33)31(20-24-11-6-4-7-12-24)21-25-13-8-5-9-14-25/h4-9,11-14,16-17,19,23,27H,10,15,18,20-22H2,1-3H3/t27-/m0/s1. The normalized spacial score (nSPS) is 16.5. The number of carbonyl (C=O) groups excluding carboxylic acids is 1. The summed E-state index contributed by atoms with van der Waals surface area (Å²) in [5, 5.41) is 0. The molecule has 1 heterocycles. The van der Waals surface area contributed by atoms with Crippen molar-refractivity contribution in [2.75, 3.05) is 20.2 Å². The van der Waals surface area contributed by atoms with Crippen molar-refractivity contribution in [1.82, 2.24) is 9.21 Å². The molecular weight excluding hydrogens is 484 g/mol. The van der Waals surface area contributed by atoms with Crippen LogP contribution >= 0.6 is 0 Å². The topological polar surface area (TPSA) is 66.9 Å². The maximum atomic E-state index is 13.9. The Balaban J connectivity index is 1.59. The van der Waals surface area contributed by atoms with Crippen LogP contribution in [0.3, 0.4) is 0 Å². The Hall–Kier alpha value is -3.16. The molecule has 1 fully saturated rings. The predicted molar refractivity (Wildman–Crippen MR) is 146 cm³/mol. The molecule has 1 saturated heterocycles. The Labute approximate surface area is 220 Å². The Kier molecular flexibility index (Phi) is 8.67. The van der Waals surface area contributed by atoms with Gasteiger partial charge in [-0.3, -0.25) is 4.79 Å². The van der Waals surface area contributed by atoms with Gasteiger partial charge in [-0.2, -0.15) is 4.31 Å². The summed E-state index contributed by atoms with van der Waals surface area (Å²) < 4.78 is 34.4. The molecule has 1 aliphatic rings. The molecular formula is C30H36N2O4S. The van der Waals surface area contributed by atoms with Crippen molar-refractivity contribution in [2.24, 2.45) is 5.92 Å². The van der Waals surface area contributed by atoms with Crippen molar-refractivity contribution in [3.63, 3.8) is 0 Å². The SMILES string of the molecule is COc1ccc(C(C)C)cc1S(=O)(=O)N1CCC[C@H](C(=O)N(Cc2ccccc2)Cc2ccccc2)C1. The number of piperidine rings is 1. The Morgan fingerprint density at radius 1 is 0.973 bits per heavy atom. The lowest BCUT2D eigenvalue weighted by atomic mass is 9.97. The molecule has 0 radical (unpaired) electrons. The van der Waals surface area contributed by atoms with E-state index in [1.54, 1.807) is 12.1 Å². The van der Waals surface area contributed by atoms with E-state index in [1.165, 1.54) is 11.4 Å². The van der Waals surface area contributed by atoms with Gasteiger partial charge in [-0.05, 0) is 47.6 Å². The molecule has 3 aromatic carbocycles. The Bertz CT molecular complexity index is 1250. The number of hydrogen-bond acceptors (Lipinski definition) is 4. The number of amides is 1. The molecule has 4 rings (SSSR count). The summed E-state index contributed by atoms with van der Waals surface area (Å²) in [5.41, 5.74) is 3.02. The molecule has 0 saturated carbocycles. The molecule has 0 unspecified atom stereocenters. The van der Waals surface area contributed by atoms with Crippen molar-refractivity contribution in [2.45, 2.75) is 50.6 Å². The predicted octanol–water partition coefficient (Wildman–Crippen LogP) is 5.45. The third kappa shape index (κ3) is 6.40.